The minimum atomic E-state index is -3.59. The molecule has 114 valence electrons. The zero-order chi connectivity index (χ0) is 15.9. The Kier molecular flexibility index (Phi) is 3.53. The number of benzene rings is 2. The van der Waals surface area contributed by atoms with Crippen molar-refractivity contribution in [1.82, 2.24) is 0 Å². The van der Waals surface area contributed by atoms with E-state index < -0.39 is 10.0 Å². The van der Waals surface area contributed by atoms with E-state index in [1.165, 1.54) is 11.2 Å². The zero-order valence-corrected chi connectivity index (χ0v) is 13.3. The lowest BCUT2D eigenvalue weighted by Crippen LogP contribution is -2.35. The Labute approximate surface area is 130 Å². The fraction of sp³-hybridized carbons (Fsp3) is 0.235. The van der Waals surface area contributed by atoms with Crippen LogP contribution in [0.1, 0.15) is 29.8 Å². The van der Waals surface area contributed by atoms with Crippen LogP contribution in [-0.4, -0.2) is 20.2 Å². The highest BCUT2D eigenvalue weighted by atomic mass is 32.2. The maximum Gasteiger partial charge on any atom is 0.264 e. The largest absolute Gasteiger partial charge is 0.295 e. The van der Waals surface area contributed by atoms with Gasteiger partial charge in [0.1, 0.15) is 0 Å². The fourth-order valence-corrected chi connectivity index (χ4v) is 4.61. The van der Waals surface area contributed by atoms with Crippen molar-refractivity contribution in [2.45, 2.75) is 31.2 Å². The van der Waals surface area contributed by atoms with E-state index in [0.717, 1.165) is 5.56 Å². The van der Waals surface area contributed by atoms with Crippen LogP contribution < -0.4 is 4.31 Å². The smallest absolute Gasteiger partial charge is 0.264 e. The topological polar surface area (TPSA) is 54.5 Å². The average Bonchev–Trinajstić information content (AvgIpc) is 2.83. The van der Waals surface area contributed by atoms with Crippen molar-refractivity contribution in [2.75, 3.05) is 4.31 Å². The lowest BCUT2D eigenvalue weighted by atomic mass is 10.1. The SMILES string of the molecule is CC(=O)c1ccc2c(c1)CC(C)N2S(=O)(=O)c1ccccc1. The highest BCUT2D eigenvalue weighted by molar-refractivity contribution is 7.92. The van der Waals surface area contributed by atoms with E-state index in [2.05, 4.69) is 0 Å². The molecule has 0 aromatic heterocycles. The van der Waals surface area contributed by atoms with Crippen LogP contribution in [0.15, 0.2) is 53.4 Å². The van der Waals surface area contributed by atoms with Gasteiger partial charge in [0, 0.05) is 11.6 Å². The third-order valence-electron chi connectivity index (χ3n) is 3.94. The van der Waals surface area contributed by atoms with Crippen LogP contribution in [0.5, 0.6) is 0 Å². The van der Waals surface area contributed by atoms with Gasteiger partial charge in [0.05, 0.1) is 10.6 Å². The maximum atomic E-state index is 12.9. The molecule has 1 aliphatic rings. The minimum absolute atomic E-state index is 0.0141. The predicted octanol–water partition coefficient (Wildman–Crippen LogP) is 3.03. The molecule has 0 bridgehead atoms. The minimum Gasteiger partial charge on any atom is -0.295 e. The van der Waals surface area contributed by atoms with Crippen LogP contribution in [0, 0.1) is 0 Å². The lowest BCUT2D eigenvalue weighted by Gasteiger charge is -2.24. The summed E-state index contributed by atoms with van der Waals surface area (Å²) in [5, 5.41) is 0. The predicted molar refractivity (Wildman–Crippen MR) is 85.7 cm³/mol. The number of Topliss-reactive ketones (excluding diaryl/α,β-unsaturated/α-hetero) is 1. The van der Waals surface area contributed by atoms with Crippen molar-refractivity contribution < 1.29 is 13.2 Å². The molecule has 1 atom stereocenters. The van der Waals surface area contributed by atoms with Gasteiger partial charge in [-0.05, 0) is 56.2 Å². The number of rotatable bonds is 3. The first kappa shape index (κ1) is 14.8. The van der Waals surface area contributed by atoms with E-state index >= 15 is 0 Å². The summed E-state index contributed by atoms with van der Waals surface area (Å²) in [6.45, 7) is 3.40. The summed E-state index contributed by atoms with van der Waals surface area (Å²) in [5.74, 6) is -0.0141. The molecule has 1 heterocycles. The molecule has 0 saturated carbocycles. The zero-order valence-electron chi connectivity index (χ0n) is 12.5. The summed E-state index contributed by atoms with van der Waals surface area (Å²) in [6, 6.07) is 13.5. The summed E-state index contributed by atoms with van der Waals surface area (Å²) < 4.78 is 27.2. The number of hydrogen-bond acceptors (Lipinski definition) is 3. The van der Waals surface area contributed by atoms with Gasteiger partial charge in [-0.15, -0.1) is 0 Å². The van der Waals surface area contributed by atoms with Crippen LogP contribution in [0.4, 0.5) is 5.69 Å². The van der Waals surface area contributed by atoms with Crippen molar-refractivity contribution >= 4 is 21.5 Å². The summed E-state index contributed by atoms with van der Waals surface area (Å²) in [7, 11) is -3.59. The van der Waals surface area contributed by atoms with Gasteiger partial charge >= 0.3 is 0 Å². The molecule has 0 fully saturated rings. The normalized spacial score (nSPS) is 17.4. The molecule has 0 amide bonds. The van der Waals surface area contributed by atoms with Crippen LogP contribution in [0.25, 0.3) is 0 Å². The first-order chi connectivity index (χ1) is 10.4. The summed E-state index contributed by atoms with van der Waals surface area (Å²) in [5.41, 5.74) is 2.19. The second-order valence-corrected chi connectivity index (χ2v) is 7.38. The summed E-state index contributed by atoms with van der Waals surface area (Å²) in [4.78, 5) is 11.8. The average molecular weight is 315 g/mol. The van der Waals surface area contributed by atoms with Crippen molar-refractivity contribution in [1.29, 1.82) is 0 Å². The monoisotopic (exact) mass is 315 g/mol. The second-order valence-electron chi connectivity index (χ2n) is 5.57. The molecule has 0 N–H and O–H groups in total. The molecule has 2 aromatic rings. The maximum absolute atomic E-state index is 12.9. The van der Waals surface area contributed by atoms with Crippen molar-refractivity contribution in [3.63, 3.8) is 0 Å². The van der Waals surface area contributed by atoms with E-state index in [0.29, 0.717) is 17.7 Å². The molecule has 4 nitrogen and oxygen atoms in total. The third-order valence-corrected chi connectivity index (χ3v) is 5.88. The third kappa shape index (κ3) is 2.31. The molecule has 2 aromatic carbocycles. The number of carbonyl (C=O) groups is 1. The number of anilines is 1. The molecule has 1 unspecified atom stereocenters. The van der Waals surface area contributed by atoms with E-state index in [1.54, 1.807) is 48.5 Å². The van der Waals surface area contributed by atoms with Gasteiger partial charge in [0.2, 0.25) is 0 Å². The molecular weight excluding hydrogens is 298 g/mol. The summed E-state index contributed by atoms with van der Waals surface area (Å²) >= 11 is 0. The van der Waals surface area contributed by atoms with Gasteiger partial charge in [-0.1, -0.05) is 18.2 Å². The molecule has 0 saturated heterocycles. The fourth-order valence-electron chi connectivity index (χ4n) is 2.89. The van der Waals surface area contributed by atoms with E-state index in [4.69, 9.17) is 0 Å². The number of hydrogen-bond donors (Lipinski definition) is 0. The Morgan fingerprint density at radius 2 is 1.82 bits per heavy atom. The van der Waals surface area contributed by atoms with Crippen LogP contribution in [-0.2, 0) is 16.4 Å². The Balaban J connectivity index is 2.09. The molecule has 0 spiro atoms. The number of nitrogens with zero attached hydrogens (tertiary/aromatic N) is 1. The number of sulfonamides is 1. The number of carbonyl (C=O) groups excluding carboxylic acids is 1. The van der Waals surface area contributed by atoms with Crippen molar-refractivity contribution in [3.8, 4) is 0 Å². The molecule has 0 aliphatic carbocycles. The molecule has 22 heavy (non-hydrogen) atoms. The Morgan fingerprint density at radius 3 is 2.45 bits per heavy atom. The van der Waals surface area contributed by atoms with Gasteiger partial charge in [-0.3, -0.25) is 9.10 Å². The molecular formula is C17H17NO3S. The van der Waals surface area contributed by atoms with Gasteiger partial charge in [0.25, 0.3) is 10.0 Å². The van der Waals surface area contributed by atoms with E-state index in [9.17, 15) is 13.2 Å². The van der Waals surface area contributed by atoms with Gasteiger partial charge in [-0.25, -0.2) is 8.42 Å². The molecule has 0 radical (unpaired) electrons. The quantitative estimate of drug-likeness (QED) is 0.818. The molecule has 3 rings (SSSR count). The molecule has 1 aliphatic heterocycles. The standard InChI is InChI=1S/C17H17NO3S/c1-12-10-15-11-14(13(2)19)8-9-17(15)18(12)22(20,21)16-6-4-3-5-7-16/h3-9,11-12H,10H2,1-2H3. The first-order valence-corrected chi connectivity index (χ1v) is 8.58. The van der Waals surface area contributed by atoms with Gasteiger partial charge in [-0.2, -0.15) is 0 Å². The van der Waals surface area contributed by atoms with Gasteiger partial charge in [0.15, 0.2) is 5.78 Å². The number of fused-ring (bicyclic) bond motifs is 1. The van der Waals surface area contributed by atoms with E-state index in [1.807, 2.05) is 6.92 Å². The lowest BCUT2D eigenvalue weighted by molar-refractivity contribution is 0.101. The van der Waals surface area contributed by atoms with Crippen LogP contribution in [0.3, 0.4) is 0 Å². The van der Waals surface area contributed by atoms with Crippen molar-refractivity contribution in [3.05, 3.63) is 59.7 Å². The van der Waals surface area contributed by atoms with E-state index in [-0.39, 0.29) is 16.7 Å². The van der Waals surface area contributed by atoms with Crippen molar-refractivity contribution in [2.24, 2.45) is 0 Å². The first-order valence-electron chi connectivity index (χ1n) is 7.14. The Bertz CT molecular complexity index is 828. The summed E-state index contributed by atoms with van der Waals surface area (Å²) in [6.07, 6.45) is 0.614. The Hall–Kier alpha value is -2.14. The highest BCUT2D eigenvalue weighted by Crippen LogP contribution is 2.37. The van der Waals surface area contributed by atoms with Crippen LogP contribution >= 0.6 is 0 Å². The Morgan fingerprint density at radius 1 is 1.14 bits per heavy atom. The van der Waals surface area contributed by atoms with Crippen LogP contribution in [0.2, 0.25) is 0 Å². The molecule has 5 heteroatoms. The number of ketones is 1. The van der Waals surface area contributed by atoms with Gasteiger partial charge < -0.3 is 0 Å². The second kappa shape index (κ2) is 5.25. The highest BCUT2D eigenvalue weighted by Gasteiger charge is 2.36.